The Kier molecular flexibility index (Phi) is 4.40. The number of rotatable bonds is 4. The van der Waals surface area contributed by atoms with Crippen molar-refractivity contribution in [2.45, 2.75) is 25.4 Å². The number of hydrogen-bond donors (Lipinski definition) is 2. The van der Waals surface area contributed by atoms with E-state index in [0.717, 1.165) is 22.0 Å². The highest BCUT2D eigenvalue weighted by Gasteiger charge is 2.42. The van der Waals surface area contributed by atoms with Crippen LogP contribution >= 0.6 is 11.6 Å². The summed E-state index contributed by atoms with van der Waals surface area (Å²) in [6, 6.07) is 12.9. The van der Waals surface area contributed by atoms with Gasteiger partial charge in [-0.3, -0.25) is 4.79 Å². The highest BCUT2D eigenvalue weighted by Crippen LogP contribution is 2.28. The van der Waals surface area contributed by atoms with Gasteiger partial charge < -0.3 is 15.0 Å². The van der Waals surface area contributed by atoms with Gasteiger partial charge in [0.2, 0.25) is 0 Å². The molecule has 0 spiro atoms. The predicted octanol–water partition coefficient (Wildman–Crippen LogP) is 3.65. The molecule has 1 aromatic heterocycles. The van der Waals surface area contributed by atoms with Crippen molar-refractivity contribution in [2.75, 3.05) is 6.54 Å². The average Bonchev–Trinajstić information content (AvgIpc) is 3.04. The Morgan fingerprint density at radius 3 is 2.96 bits per heavy atom. The van der Waals surface area contributed by atoms with E-state index in [1.54, 1.807) is 19.1 Å². The quantitative estimate of drug-likeness (QED) is 0.676. The van der Waals surface area contributed by atoms with Crippen LogP contribution in [0.2, 0.25) is 5.02 Å². The molecule has 0 saturated heterocycles. The van der Waals surface area contributed by atoms with Gasteiger partial charge in [-0.25, -0.2) is 4.79 Å². The minimum Gasteiger partial charge on any atom is -0.445 e. The van der Waals surface area contributed by atoms with Crippen molar-refractivity contribution >= 4 is 34.4 Å². The van der Waals surface area contributed by atoms with Gasteiger partial charge >= 0.3 is 5.97 Å². The lowest BCUT2D eigenvalue weighted by Crippen LogP contribution is -2.52. The van der Waals surface area contributed by atoms with E-state index in [4.69, 9.17) is 16.3 Å². The third-order valence-electron chi connectivity index (χ3n) is 4.97. The first-order valence-electron chi connectivity index (χ1n) is 8.81. The Morgan fingerprint density at radius 2 is 2.11 bits per heavy atom. The molecule has 2 heterocycles. The molecule has 0 aliphatic carbocycles. The molecule has 1 atom stereocenters. The fourth-order valence-corrected chi connectivity index (χ4v) is 3.69. The number of esters is 1. The van der Waals surface area contributed by atoms with Gasteiger partial charge in [0.05, 0.1) is 5.56 Å². The smallest absolute Gasteiger partial charge is 0.339 e. The molecule has 2 N–H and O–H groups in total. The zero-order chi connectivity index (χ0) is 19.0. The van der Waals surface area contributed by atoms with Crippen LogP contribution in [0.3, 0.4) is 0 Å². The molecule has 0 bridgehead atoms. The van der Waals surface area contributed by atoms with E-state index < -0.39 is 11.6 Å². The molecule has 4 rings (SSSR count). The van der Waals surface area contributed by atoms with E-state index in [-0.39, 0.29) is 5.91 Å². The monoisotopic (exact) mass is 382 g/mol. The van der Waals surface area contributed by atoms with E-state index in [1.165, 1.54) is 0 Å². The molecule has 5 nitrogen and oxygen atoms in total. The first kappa shape index (κ1) is 17.6. The van der Waals surface area contributed by atoms with Gasteiger partial charge in [0.15, 0.2) is 5.60 Å². The molecule has 1 aliphatic heterocycles. The van der Waals surface area contributed by atoms with Crippen LogP contribution in [0.1, 0.15) is 28.4 Å². The zero-order valence-electron chi connectivity index (χ0n) is 14.8. The second kappa shape index (κ2) is 6.74. The SMILES string of the molecule is CC1(C(=O)NCCc2c[nH]c3ccc(Cl)cc23)Cc2ccccc2C(=O)O1. The molecule has 3 aromatic rings. The number of aromatic nitrogens is 1. The number of cyclic esters (lactones) is 1. The number of nitrogens with one attached hydrogen (secondary N) is 2. The summed E-state index contributed by atoms with van der Waals surface area (Å²) in [5.74, 6) is -0.746. The van der Waals surface area contributed by atoms with E-state index in [2.05, 4.69) is 10.3 Å². The van der Waals surface area contributed by atoms with Gasteiger partial charge in [0.1, 0.15) is 0 Å². The summed E-state index contributed by atoms with van der Waals surface area (Å²) in [6.07, 6.45) is 2.93. The van der Waals surface area contributed by atoms with Gasteiger partial charge in [-0.1, -0.05) is 29.8 Å². The number of halogens is 1. The van der Waals surface area contributed by atoms with Gasteiger partial charge in [0.25, 0.3) is 5.91 Å². The summed E-state index contributed by atoms with van der Waals surface area (Å²) in [6.45, 7) is 2.09. The number of benzene rings is 2. The molecule has 6 heteroatoms. The normalized spacial score (nSPS) is 18.8. The fraction of sp³-hybridized carbons (Fsp3) is 0.238. The summed E-state index contributed by atoms with van der Waals surface area (Å²) in [4.78, 5) is 28.1. The van der Waals surface area contributed by atoms with Crippen LogP contribution in [0, 0.1) is 0 Å². The van der Waals surface area contributed by atoms with Crippen molar-refractivity contribution in [1.82, 2.24) is 10.3 Å². The molecular formula is C21H19ClN2O3. The van der Waals surface area contributed by atoms with Gasteiger partial charge in [-0.2, -0.15) is 0 Å². The third kappa shape index (κ3) is 3.30. The van der Waals surface area contributed by atoms with Gasteiger partial charge in [-0.15, -0.1) is 0 Å². The minimum absolute atomic E-state index is 0.289. The summed E-state index contributed by atoms with van der Waals surface area (Å²) < 4.78 is 5.46. The van der Waals surface area contributed by atoms with Crippen molar-refractivity contribution in [3.63, 3.8) is 0 Å². The molecule has 0 saturated carbocycles. The highest BCUT2D eigenvalue weighted by molar-refractivity contribution is 6.31. The Bertz CT molecular complexity index is 1040. The summed E-state index contributed by atoms with van der Waals surface area (Å²) in [5, 5.41) is 4.62. The third-order valence-corrected chi connectivity index (χ3v) is 5.21. The Hall–Kier alpha value is -2.79. The number of fused-ring (bicyclic) bond motifs is 2. The topological polar surface area (TPSA) is 71.2 Å². The molecule has 138 valence electrons. The lowest BCUT2D eigenvalue weighted by atomic mass is 9.89. The van der Waals surface area contributed by atoms with Crippen molar-refractivity contribution in [1.29, 1.82) is 0 Å². The largest absolute Gasteiger partial charge is 0.445 e. The Balaban J connectivity index is 1.43. The second-order valence-electron chi connectivity index (χ2n) is 6.96. The number of amides is 1. The minimum atomic E-state index is -1.20. The number of hydrogen-bond acceptors (Lipinski definition) is 3. The molecule has 1 aliphatic rings. The molecular weight excluding hydrogens is 364 g/mol. The summed E-state index contributed by atoms with van der Waals surface area (Å²) in [5.41, 5.74) is 2.24. The second-order valence-corrected chi connectivity index (χ2v) is 7.40. The van der Waals surface area contributed by atoms with Crippen molar-refractivity contribution in [2.24, 2.45) is 0 Å². The van der Waals surface area contributed by atoms with Crippen LogP contribution < -0.4 is 5.32 Å². The number of H-pyrrole nitrogens is 1. The number of carbonyl (C=O) groups is 2. The number of ether oxygens (including phenoxy) is 1. The molecule has 27 heavy (non-hydrogen) atoms. The van der Waals surface area contributed by atoms with E-state index in [0.29, 0.717) is 30.0 Å². The van der Waals surface area contributed by atoms with Crippen LogP contribution in [0.5, 0.6) is 0 Å². The molecule has 1 unspecified atom stereocenters. The van der Waals surface area contributed by atoms with Crippen molar-refractivity contribution in [3.8, 4) is 0 Å². The van der Waals surface area contributed by atoms with Gasteiger partial charge in [0, 0.05) is 35.1 Å². The first-order chi connectivity index (χ1) is 13.0. The lowest BCUT2D eigenvalue weighted by molar-refractivity contribution is -0.139. The molecule has 2 aromatic carbocycles. The van der Waals surface area contributed by atoms with E-state index >= 15 is 0 Å². The van der Waals surface area contributed by atoms with Crippen LogP contribution in [-0.4, -0.2) is 29.0 Å². The Labute approximate surface area is 161 Å². The molecule has 0 fully saturated rings. The summed E-state index contributed by atoms with van der Waals surface area (Å²) >= 11 is 6.07. The van der Waals surface area contributed by atoms with E-state index in [9.17, 15) is 9.59 Å². The van der Waals surface area contributed by atoms with Crippen molar-refractivity contribution in [3.05, 3.63) is 70.4 Å². The Morgan fingerprint density at radius 1 is 1.30 bits per heavy atom. The van der Waals surface area contributed by atoms with E-state index in [1.807, 2.05) is 36.5 Å². The average molecular weight is 383 g/mol. The maximum absolute atomic E-state index is 12.7. The lowest BCUT2D eigenvalue weighted by Gasteiger charge is -2.33. The molecule has 1 amide bonds. The highest BCUT2D eigenvalue weighted by atomic mass is 35.5. The molecule has 0 radical (unpaired) electrons. The fourth-order valence-electron chi connectivity index (χ4n) is 3.51. The number of carbonyl (C=O) groups excluding carboxylic acids is 2. The first-order valence-corrected chi connectivity index (χ1v) is 9.19. The van der Waals surface area contributed by atoms with Crippen LogP contribution in [-0.2, 0) is 22.4 Å². The maximum Gasteiger partial charge on any atom is 0.339 e. The zero-order valence-corrected chi connectivity index (χ0v) is 15.6. The van der Waals surface area contributed by atoms with Crippen LogP contribution in [0.15, 0.2) is 48.7 Å². The summed E-state index contributed by atoms with van der Waals surface area (Å²) in [7, 11) is 0. The maximum atomic E-state index is 12.7. The van der Waals surface area contributed by atoms with Crippen LogP contribution in [0.25, 0.3) is 10.9 Å². The predicted molar refractivity (Wildman–Crippen MR) is 104 cm³/mol. The number of aromatic amines is 1. The standard InChI is InChI=1S/C21H19ClN2O3/c1-21(11-13-4-2-3-5-16(13)19(25)27-21)20(26)23-9-8-14-12-24-18-7-6-15(22)10-17(14)18/h2-7,10,12,24H,8-9,11H2,1H3,(H,23,26). The van der Waals surface area contributed by atoms with Crippen molar-refractivity contribution < 1.29 is 14.3 Å². The van der Waals surface area contributed by atoms with Crippen LogP contribution in [0.4, 0.5) is 0 Å². The van der Waals surface area contributed by atoms with Gasteiger partial charge in [-0.05, 0) is 48.7 Å².